The molecule has 0 saturated heterocycles. The third-order valence-electron chi connectivity index (χ3n) is 4.06. The predicted octanol–water partition coefficient (Wildman–Crippen LogP) is 2.68. The summed E-state index contributed by atoms with van der Waals surface area (Å²) in [5.41, 5.74) is 9.67. The minimum atomic E-state index is -0.701. The number of imidazole rings is 1. The first kappa shape index (κ1) is 19.8. The number of hydrogen-bond donors (Lipinski definition) is 2. The number of benzene rings is 1. The summed E-state index contributed by atoms with van der Waals surface area (Å²) >= 11 is 1.43. The molecule has 0 aliphatic carbocycles. The topological polar surface area (TPSA) is 85.2 Å². The zero-order valence-corrected chi connectivity index (χ0v) is 16.5. The van der Waals surface area contributed by atoms with Gasteiger partial charge in [0.05, 0.1) is 12.8 Å². The molecule has 0 fully saturated rings. The average Bonchev–Trinajstić information content (AvgIpc) is 2.95. The molecule has 1 heterocycles. The lowest BCUT2D eigenvalue weighted by atomic mass is 9.98. The van der Waals surface area contributed by atoms with Crippen molar-refractivity contribution in [1.82, 2.24) is 20.4 Å². The number of aryl methyl sites for hydroxylation is 3. The minimum Gasteiger partial charge on any atom is -0.448 e. The highest BCUT2D eigenvalue weighted by Crippen LogP contribution is 2.17. The van der Waals surface area contributed by atoms with Gasteiger partial charge >= 0.3 is 6.09 Å². The Hall–Kier alpha value is -2.48. The minimum absolute atomic E-state index is 0.231. The van der Waals surface area contributed by atoms with Crippen molar-refractivity contribution < 1.29 is 14.3 Å². The molecule has 0 atom stereocenters. The highest BCUT2D eigenvalue weighted by molar-refractivity contribution is 7.98. The van der Waals surface area contributed by atoms with Gasteiger partial charge in [0.25, 0.3) is 5.91 Å². The van der Waals surface area contributed by atoms with E-state index in [1.807, 2.05) is 20.1 Å². The van der Waals surface area contributed by atoms with E-state index in [2.05, 4.69) is 34.9 Å². The number of thioether (sulfide) groups is 1. The summed E-state index contributed by atoms with van der Waals surface area (Å²) in [6.45, 7) is 6.38. The Labute approximate surface area is 157 Å². The van der Waals surface area contributed by atoms with Gasteiger partial charge in [-0.05, 0) is 43.7 Å². The molecule has 0 spiro atoms. The van der Waals surface area contributed by atoms with Gasteiger partial charge in [0, 0.05) is 13.5 Å². The van der Waals surface area contributed by atoms with Crippen molar-refractivity contribution in [2.24, 2.45) is 7.05 Å². The maximum absolute atomic E-state index is 12.1. The van der Waals surface area contributed by atoms with Crippen molar-refractivity contribution in [3.05, 3.63) is 46.3 Å². The molecule has 140 valence electrons. The summed E-state index contributed by atoms with van der Waals surface area (Å²) in [4.78, 5) is 27.9. The van der Waals surface area contributed by atoms with Crippen molar-refractivity contribution in [3.63, 3.8) is 0 Å². The average molecular weight is 376 g/mol. The molecule has 2 rings (SSSR count). The molecule has 7 nitrogen and oxygen atoms in total. The van der Waals surface area contributed by atoms with Crippen molar-refractivity contribution in [2.75, 3.05) is 12.9 Å². The Balaban J connectivity index is 1.80. The summed E-state index contributed by atoms with van der Waals surface area (Å²) in [6.07, 6.45) is 3.25. The van der Waals surface area contributed by atoms with Crippen molar-refractivity contribution >= 4 is 23.8 Å². The SMILES string of the molecule is CSc1ncc(C(=O)NNC(=O)OCCc2c(C)cc(C)cc2C)n1C. The van der Waals surface area contributed by atoms with E-state index in [1.54, 1.807) is 11.6 Å². The molecule has 8 heteroatoms. The van der Waals surface area contributed by atoms with Crippen LogP contribution in [0.1, 0.15) is 32.7 Å². The Morgan fingerprint density at radius 3 is 2.42 bits per heavy atom. The molecule has 0 bridgehead atoms. The summed E-state index contributed by atoms with van der Waals surface area (Å²) < 4.78 is 6.79. The normalized spacial score (nSPS) is 10.5. The molecule has 0 aliphatic rings. The monoisotopic (exact) mass is 376 g/mol. The van der Waals surface area contributed by atoms with Gasteiger partial charge < -0.3 is 9.30 Å². The second kappa shape index (κ2) is 8.75. The summed E-state index contributed by atoms with van der Waals surface area (Å²) in [5.74, 6) is -0.456. The van der Waals surface area contributed by atoms with Crippen LogP contribution in [0.4, 0.5) is 4.79 Å². The van der Waals surface area contributed by atoms with Gasteiger partial charge in [0.15, 0.2) is 5.16 Å². The number of rotatable bonds is 5. The van der Waals surface area contributed by atoms with Crippen LogP contribution in [0.3, 0.4) is 0 Å². The van der Waals surface area contributed by atoms with Crippen molar-refractivity contribution in [2.45, 2.75) is 32.3 Å². The van der Waals surface area contributed by atoms with Gasteiger partial charge in [-0.2, -0.15) is 0 Å². The third kappa shape index (κ3) is 4.78. The van der Waals surface area contributed by atoms with Crippen LogP contribution in [-0.2, 0) is 18.2 Å². The van der Waals surface area contributed by atoms with E-state index in [4.69, 9.17) is 4.74 Å². The van der Waals surface area contributed by atoms with Crippen LogP contribution >= 0.6 is 11.8 Å². The first-order chi connectivity index (χ1) is 12.3. The number of hydrazine groups is 1. The second-order valence-corrected chi connectivity index (χ2v) is 6.80. The standard InChI is InChI=1S/C18H24N4O3S/c1-11-8-12(2)14(13(3)9-11)6-7-25-18(24)21-20-16(23)15-10-19-17(26-5)22(15)4/h8-10H,6-7H2,1-5H3,(H,20,23)(H,21,24). The number of carbonyl (C=O) groups excluding carboxylic acids is 2. The quantitative estimate of drug-likeness (QED) is 0.619. The van der Waals surface area contributed by atoms with Gasteiger partial charge in [-0.3, -0.25) is 10.2 Å². The molecule has 1 aromatic heterocycles. The van der Waals surface area contributed by atoms with Crippen LogP contribution in [0.5, 0.6) is 0 Å². The Kier molecular flexibility index (Phi) is 6.68. The molecular formula is C18H24N4O3S. The molecule has 0 saturated carbocycles. The third-order valence-corrected chi connectivity index (χ3v) is 4.81. The van der Waals surface area contributed by atoms with Crippen molar-refractivity contribution in [3.8, 4) is 0 Å². The Morgan fingerprint density at radius 1 is 1.19 bits per heavy atom. The molecule has 0 aliphatic heterocycles. The Morgan fingerprint density at radius 2 is 1.85 bits per heavy atom. The summed E-state index contributed by atoms with van der Waals surface area (Å²) in [6, 6.07) is 4.22. The molecular weight excluding hydrogens is 352 g/mol. The molecule has 2 N–H and O–H groups in total. The predicted molar refractivity (Wildman–Crippen MR) is 101 cm³/mol. The van der Waals surface area contributed by atoms with Crippen LogP contribution < -0.4 is 10.9 Å². The van der Waals surface area contributed by atoms with E-state index in [-0.39, 0.29) is 6.61 Å². The van der Waals surface area contributed by atoms with E-state index in [9.17, 15) is 9.59 Å². The second-order valence-electron chi connectivity index (χ2n) is 6.03. The van der Waals surface area contributed by atoms with Crippen molar-refractivity contribution in [1.29, 1.82) is 0 Å². The fourth-order valence-electron chi connectivity index (χ4n) is 2.85. The van der Waals surface area contributed by atoms with Gasteiger partial charge in [0.1, 0.15) is 5.69 Å². The Bertz CT molecular complexity index is 794. The molecule has 2 amide bonds. The van der Waals surface area contributed by atoms with Crippen LogP contribution in [0.15, 0.2) is 23.5 Å². The lowest BCUT2D eigenvalue weighted by Crippen LogP contribution is -2.42. The van der Waals surface area contributed by atoms with E-state index in [0.717, 1.165) is 0 Å². The zero-order valence-electron chi connectivity index (χ0n) is 15.7. The van der Waals surface area contributed by atoms with E-state index < -0.39 is 12.0 Å². The largest absolute Gasteiger partial charge is 0.448 e. The van der Waals surface area contributed by atoms with E-state index in [0.29, 0.717) is 17.3 Å². The van der Waals surface area contributed by atoms with Gasteiger partial charge in [-0.15, -0.1) is 0 Å². The molecule has 0 radical (unpaired) electrons. The summed E-state index contributed by atoms with van der Waals surface area (Å²) in [7, 11) is 1.73. The number of nitrogens with zero attached hydrogens (tertiary/aromatic N) is 2. The maximum atomic E-state index is 12.1. The van der Waals surface area contributed by atoms with Crippen LogP contribution in [0, 0.1) is 20.8 Å². The fourth-order valence-corrected chi connectivity index (χ4v) is 3.38. The number of carbonyl (C=O) groups is 2. The molecule has 26 heavy (non-hydrogen) atoms. The number of ether oxygens (including phenoxy) is 1. The molecule has 0 unspecified atom stereocenters. The lowest BCUT2D eigenvalue weighted by Gasteiger charge is -2.12. The first-order valence-electron chi connectivity index (χ1n) is 8.19. The van der Waals surface area contributed by atoms with Gasteiger partial charge in [0.2, 0.25) is 0 Å². The maximum Gasteiger partial charge on any atom is 0.426 e. The highest BCUT2D eigenvalue weighted by atomic mass is 32.2. The van der Waals surface area contributed by atoms with E-state index >= 15 is 0 Å². The van der Waals surface area contributed by atoms with Gasteiger partial charge in [-0.1, -0.05) is 29.5 Å². The van der Waals surface area contributed by atoms with Crippen LogP contribution in [0.2, 0.25) is 0 Å². The van der Waals surface area contributed by atoms with Crippen LogP contribution in [-0.4, -0.2) is 34.4 Å². The fraction of sp³-hybridized carbons (Fsp3) is 0.389. The number of amides is 2. The zero-order chi connectivity index (χ0) is 19.3. The summed E-state index contributed by atoms with van der Waals surface area (Å²) in [5, 5.41) is 0.710. The number of aromatic nitrogens is 2. The van der Waals surface area contributed by atoms with E-state index in [1.165, 1.54) is 40.2 Å². The molecule has 1 aromatic carbocycles. The van der Waals surface area contributed by atoms with Crippen LogP contribution in [0.25, 0.3) is 0 Å². The first-order valence-corrected chi connectivity index (χ1v) is 9.41. The highest BCUT2D eigenvalue weighted by Gasteiger charge is 2.14. The smallest absolute Gasteiger partial charge is 0.426 e. The van der Waals surface area contributed by atoms with Gasteiger partial charge in [-0.25, -0.2) is 15.2 Å². The number of hydrogen-bond acceptors (Lipinski definition) is 5. The molecule has 2 aromatic rings. The lowest BCUT2D eigenvalue weighted by molar-refractivity contribution is 0.0901. The number of nitrogens with one attached hydrogen (secondary N) is 2.